The minimum absolute atomic E-state index is 0.0698. The summed E-state index contributed by atoms with van der Waals surface area (Å²) in [5.41, 5.74) is 1.13. The van der Waals surface area contributed by atoms with Crippen LogP contribution < -0.4 is 14.4 Å². The van der Waals surface area contributed by atoms with Crippen LogP contribution in [0.1, 0.15) is 32.8 Å². The van der Waals surface area contributed by atoms with Crippen LogP contribution in [-0.4, -0.2) is 50.9 Å². The maximum absolute atomic E-state index is 13.9. The molecule has 0 unspecified atom stereocenters. The number of benzene rings is 3. The van der Waals surface area contributed by atoms with Gasteiger partial charge in [-0.25, -0.2) is 8.42 Å². The second-order valence-electron chi connectivity index (χ2n) is 9.16. The predicted molar refractivity (Wildman–Crippen MR) is 161 cm³/mol. The fourth-order valence-electron chi connectivity index (χ4n) is 3.83. The lowest BCUT2D eigenvalue weighted by Gasteiger charge is -2.32. The number of carbonyl (C=O) groups excluding carboxylic acids is 2. The number of ether oxygens (including phenoxy) is 1. The smallest absolute Gasteiger partial charge is 0.264 e. The number of rotatable bonds is 12. The predicted octanol–water partition coefficient (Wildman–Crippen LogP) is 4.83. The normalized spacial score (nSPS) is 12.7. The third-order valence-electron chi connectivity index (χ3n) is 6.40. The number of methoxy groups -OCH3 is 1. The van der Waals surface area contributed by atoms with Gasteiger partial charge in [0.05, 0.1) is 17.7 Å². The van der Waals surface area contributed by atoms with Gasteiger partial charge < -0.3 is 15.0 Å². The molecule has 208 valence electrons. The molecule has 10 heteroatoms. The number of hydrogen-bond donors (Lipinski definition) is 1. The molecule has 0 spiro atoms. The average Bonchev–Trinajstić information content (AvgIpc) is 2.95. The van der Waals surface area contributed by atoms with Crippen LogP contribution in [0.3, 0.4) is 0 Å². The van der Waals surface area contributed by atoms with Crippen LogP contribution in [0.5, 0.6) is 5.75 Å². The van der Waals surface area contributed by atoms with E-state index in [1.807, 2.05) is 26.0 Å². The van der Waals surface area contributed by atoms with Crippen LogP contribution in [0, 0.1) is 3.57 Å². The van der Waals surface area contributed by atoms with Crippen molar-refractivity contribution >= 4 is 50.1 Å². The molecule has 1 N–H and O–H groups in total. The van der Waals surface area contributed by atoms with Gasteiger partial charge in [-0.05, 0) is 97.0 Å². The summed E-state index contributed by atoms with van der Waals surface area (Å²) in [7, 11) is -2.51. The Morgan fingerprint density at radius 3 is 2.13 bits per heavy atom. The molecule has 2 atom stereocenters. The number of nitrogens with zero attached hydrogens (tertiary/aromatic N) is 2. The number of carbonyl (C=O) groups is 2. The summed E-state index contributed by atoms with van der Waals surface area (Å²) in [6.07, 6.45) is 0.737. The molecule has 2 amide bonds. The molecule has 3 aromatic carbocycles. The number of nitrogens with one attached hydrogen (secondary N) is 1. The van der Waals surface area contributed by atoms with E-state index in [-0.39, 0.29) is 23.4 Å². The first kappa shape index (κ1) is 30.4. The molecule has 0 aromatic heterocycles. The largest absolute Gasteiger partial charge is 0.497 e. The summed E-state index contributed by atoms with van der Waals surface area (Å²) in [4.78, 5) is 28.5. The van der Waals surface area contributed by atoms with Gasteiger partial charge >= 0.3 is 0 Å². The maximum Gasteiger partial charge on any atom is 0.264 e. The number of sulfonamides is 1. The third kappa shape index (κ3) is 7.95. The Hall–Kier alpha value is -3.12. The molecule has 0 bridgehead atoms. The average molecular weight is 664 g/mol. The zero-order valence-electron chi connectivity index (χ0n) is 22.5. The molecule has 3 rings (SSSR count). The molecule has 0 saturated carbocycles. The Kier molecular flexibility index (Phi) is 10.8. The maximum atomic E-state index is 13.9. The van der Waals surface area contributed by atoms with Gasteiger partial charge in [0, 0.05) is 16.2 Å². The molecule has 0 radical (unpaired) electrons. The lowest BCUT2D eigenvalue weighted by molar-refractivity contribution is -0.139. The van der Waals surface area contributed by atoms with Crippen molar-refractivity contribution in [1.29, 1.82) is 0 Å². The van der Waals surface area contributed by atoms with Crippen LogP contribution >= 0.6 is 22.6 Å². The van der Waals surface area contributed by atoms with Gasteiger partial charge in [-0.1, -0.05) is 37.3 Å². The van der Waals surface area contributed by atoms with Crippen LogP contribution in [0.15, 0.2) is 83.8 Å². The van der Waals surface area contributed by atoms with E-state index in [0.29, 0.717) is 11.4 Å². The SMILES string of the molecule is CC[C@@H](C)NC(=O)[C@@H](C)N(Cc1ccc(OC)cc1)C(=O)CN(c1ccc(I)cc1)S(=O)(=O)c1ccccc1. The van der Waals surface area contributed by atoms with E-state index in [4.69, 9.17) is 4.74 Å². The highest BCUT2D eigenvalue weighted by Crippen LogP contribution is 2.25. The molecule has 39 heavy (non-hydrogen) atoms. The summed E-state index contributed by atoms with van der Waals surface area (Å²) < 4.78 is 34.8. The first-order chi connectivity index (χ1) is 18.6. The van der Waals surface area contributed by atoms with Gasteiger partial charge in [0.2, 0.25) is 11.8 Å². The zero-order valence-corrected chi connectivity index (χ0v) is 25.5. The molecule has 0 aliphatic heterocycles. The fourth-order valence-corrected chi connectivity index (χ4v) is 5.63. The van der Waals surface area contributed by atoms with Crippen molar-refractivity contribution in [2.24, 2.45) is 0 Å². The lowest BCUT2D eigenvalue weighted by atomic mass is 10.1. The molecular weight excluding hydrogens is 629 g/mol. The van der Waals surface area contributed by atoms with E-state index >= 15 is 0 Å². The summed E-state index contributed by atoms with van der Waals surface area (Å²) in [6, 6.07) is 21.2. The summed E-state index contributed by atoms with van der Waals surface area (Å²) in [5, 5.41) is 2.93. The fraction of sp³-hybridized carbons (Fsp3) is 0.310. The Morgan fingerprint density at radius 2 is 1.56 bits per heavy atom. The zero-order chi connectivity index (χ0) is 28.6. The summed E-state index contributed by atoms with van der Waals surface area (Å²) in [6.45, 7) is 5.15. The van der Waals surface area contributed by atoms with Crippen LogP contribution in [-0.2, 0) is 26.2 Å². The number of halogens is 1. The summed E-state index contributed by atoms with van der Waals surface area (Å²) >= 11 is 2.14. The van der Waals surface area contributed by atoms with Crippen molar-refractivity contribution in [3.05, 3.63) is 88.0 Å². The van der Waals surface area contributed by atoms with Crippen molar-refractivity contribution in [3.63, 3.8) is 0 Å². The van der Waals surface area contributed by atoms with Crippen LogP contribution in [0.2, 0.25) is 0 Å². The van der Waals surface area contributed by atoms with Gasteiger partial charge in [-0.3, -0.25) is 13.9 Å². The van der Waals surface area contributed by atoms with Crippen molar-refractivity contribution < 1.29 is 22.7 Å². The van der Waals surface area contributed by atoms with Gasteiger partial charge in [0.1, 0.15) is 18.3 Å². The Labute approximate surface area is 244 Å². The molecular formula is C29H34IN3O5S. The minimum Gasteiger partial charge on any atom is -0.497 e. The van der Waals surface area contributed by atoms with Crippen molar-refractivity contribution in [2.75, 3.05) is 18.0 Å². The quantitative estimate of drug-likeness (QED) is 0.281. The summed E-state index contributed by atoms with van der Waals surface area (Å²) in [5.74, 6) is -0.147. The van der Waals surface area contributed by atoms with Crippen LogP contribution in [0.4, 0.5) is 5.69 Å². The Bertz CT molecular complexity index is 1350. The number of anilines is 1. The number of hydrogen-bond acceptors (Lipinski definition) is 5. The van der Waals surface area contributed by atoms with E-state index < -0.39 is 28.5 Å². The standard InChI is InChI=1S/C29H34IN3O5S/c1-5-21(2)31-29(35)22(3)32(19-23-11-17-26(38-4)18-12-23)28(34)20-33(25-15-13-24(30)14-16-25)39(36,37)27-9-7-6-8-10-27/h6-18,21-22H,5,19-20H2,1-4H3,(H,31,35)/t21-,22-/m1/s1. The van der Waals surface area contributed by atoms with Crippen molar-refractivity contribution in [2.45, 2.75) is 50.7 Å². The van der Waals surface area contributed by atoms with Gasteiger partial charge in [0.25, 0.3) is 10.0 Å². The highest BCUT2D eigenvalue weighted by Gasteiger charge is 2.32. The Morgan fingerprint density at radius 1 is 0.949 bits per heavy atom. The van der Waals surface area contributed by atoms with Crippen molar-refractivity contribution in [1.82, 2.24) is 10.2 Å². The number of amides is 2. The third-order valence-corrected chi connectivity index (χ3v) is 8.91. The van der Waals surface area contributed by atoms with E-state index in [2.05, 4.69) is 27.9 Å². The Balaban J connectivity index is 2.00. The van der Waals surface area contributed by atoms with Gasteiger partial charge in [-0.15, -0.1) is 0 Å². The van der Waals surface area contributed by atoms with Crippen LogP contribution in [0.25, 0.3) is 0 Å². The topological polar surface area (TPSA) is 96.0 Å². The second-order valence-corrected chi connectivity index (χ2v) is 12.3. The second kappa shape index (κ2) is 13.8. The molecule has 0 aliphatic carbocycles. The highest BCUT2D eigenvalue weighted by molar-refractivity contribution is 14.1. The van der Waals surface area contributed by atoms with Gasteiger partial charge in [0.15, 0.2) is 0 Å². The van der Waals surface area contributed by atoms with Gasteiger partial charge in [-0.2, -0.15) is 0 Å². The molecule has 8 nitrogen and oxygen atoms in total. The lowest BCUT2D eigenvalue weighted by Crippen LogP contribution is -2.52. The molecule has 0 heterocycles. The first-order valence-electron chi connectivity index (χ1n) is 12.6. The van der Waals surface area contributed by atoms with E-state index in [0.717, 1.165) is 19.9 Å². The van der Waals surface area contributed by atoms with E-state index in [9.17, 15) is 18.0 Å². The molecule has 0 fully saturated rings. The van der Waals surface area contributed by atoms with E-state index in [1.165, 1.54) is 17.0 Å². The van der Waals surface area contributed by atoms with Crippen molar-refractivity contribution in [3.8, 4) is 5.75 Å². The highest BCUT2D eigenvalue weighted by atomic mass is 127. The monoisotopic (exact) mass is 663 g/mol. The molecule has 0 saturated heterocycles. The minimum atomic E-state index is -4.08. The van der Waals surface area contributed by atoms with E-state index in [1.54, 1.807) is 68.6 Å². The molecule has 3 aromatic rings. The molecule has 0 aliphatic rings. The first-order valence-corrected chi connectivity index (χ1v) is 15.1.